The van der Waals surface area contributed by atoms with E-state index in [1.807, 2.05) is 24.3 Å². The molecule has 0 N–H and O–H groups in total. The Balaban J connectivity index is 1.89. The zero-order chi connectivity index (χ0) is 21.9. The number of carbonyl (C=O) groups is 1. The number of hydrogen-bond acceptors (Lipinski definition) is 4. The summed E-state index contributed by atoms with van der Waals surface area (Å²) in [5.74, 6) is 2.23. The van der Waals surface area contributed by atoms with E-state index in [0.717, 1.165) is 43.8 Å². The summed E-state index contributed by atoms with van der Waals surface area (Å²) in [5, 5.41) is 0. The van der Waals surface area contributed by atoms with Crippen molar-refractivity contribution >= 4 is 5.97 Å². The minimum absolute atomic E-state index is 0.0130. The van der Waals surface area contributed by atoms with Crippen molar-refractivity contribution in [3.63, 3.8) is 0 Å². The fourth-order valence-electron chi connectivity index (χ4n) is 3.49. The average molecular weight is 421 g/mol. The fourth-order valence-corrected chi connectivity index (χ4v) is 3.49. The Hall–Kier alpha value is -1.71. The lowest BCUT2D eigenvalue weighted by Crippen LogP contribution is -2.13. The monoisotopic (exact) mass is 420 g/mol. The summed E-state index contributed by atoms with van der Waals surface area (Å²) < 4.78 is 16.4. The third kappa shape index (κ3) is 13.5. The highest BCUT2D eigenvalue weighted by Gasteiger charge is 2.09. The molecule has 1 unspecified atom stereocenters. The fraction of sp³-hybridized carbons (Fsp3) is 0.731. The smallest absolute Gasteiger partial charge is 0.305 e. The van der Waals surface area contributed by atoms with Crippen LogP contribution in [0.2, 0.25) is 0 Å². The third-order valence-corrected chi connectivity index (χ3v) is 5.61. The molecule has 0 saturated carbocycles. The Labute approximate surface area is 184 Å². The van der Waals surface area contributed by atoms with Crippen LogP contribution in [0, 0.1) is 5.92 Å². The highest BCUT2D eigenvalue weighted by molar-refractivity contribution is 5.69. The van der Waals surface area contributed by atoms with E-state index < -0.39 is 0 Å². The molecule has 1 aromatic rings. The van der Waals surface area contributed by atoms with Gasteiger partial charge in [-0.2, -0.15) is 0 Å². The van der Waals surface area contributed by atoms with Crippen LogP contribution in [0.3, 0.4) is 0 Å². The molecule has 0 fully saturated rings. The predicted molar refractivity (Wildman–Crippen MR) is 124 cm³/mol. The van der Waals surface area contributed by atoms with Gasteiger partial charge in [0.05, 0.1) is 20.3 Å². The molecule has 0 aliphatic heterocycles. The van der Waals surface area contributed by atoms with Gasteiger partial charge in [-0.15, -0.1) is 0 Å². The normalized spacial score (nSPS) is 11.8. The van der Waals surface area contributed by atoms with E-state index in [1.54, 1.807) is 7.11 Å². The molecule has 0 aliphatic rings. The summed E-state index contributed by atoms with van der Waals surface area (Å²) in [4.78, 5) is 11.9. The molecule has 1 rings (SSSR count). The van der Waals surface area contributed by atoms with Gasteiger partial charge in [0.2, 0.25) is 0 Å². The van der Waals surface area contributed by atoms with Gasteiger partial charge < -0.3 is 14.2 Å². The maximum atomic E-state index is 11.9. The number of carbonyl (C=O) groups excluding carboxylic acids is 1. The van der Waals surface area contributed by atoms with Crippen LogP contribution in [0.4, 0.5) is 0 Å². The first-order valence-electron chi connectivity index (χ1n) is 12.1. The molecular weight excluding hydrogens is 376 g/mol. The van der Waals surface area contributed by atoms with Crippen LogP contribution >= 0.6 is 0 Å². The Kier molecular flexibility index (Phi) is 15.9. The average Bonchev–Trinajstić information content (AvgIpc) is 2.77. The summed E-state index contributed by atoms with van der Waals surface area (Å²) in [6.45, 7) is 5.75. The Morgan fingerprint density at radius 3 is 2.23 bits per heavy atom. The van der Waals surface area contributed by atoms with Crippen molar-refractivity contribution in [1.82, 2.24) is 0 Å². The van der Waals surface area contributed by atoms with Crippen LogP contribution in [-0.4, -0.2) is 26.3 Å². The molecule has 30 heavy (non-hydrogen) atoms. The topological polar surface area (TPSA) is 44.8 Å². The highest BCUT2D eigenvalue weighted by atomic mass is 16.5. The molecule has 4 nitrogen and oxygen atoms in total. The van der Waals surface area contributed by atoms with Crippen LogP contribution in [0.1, 0.15) is 97.3 Å². The lowest BCUT2D eigenvalue weighted by molar-refractivity contribution is -0.145. The van der Waals surface area contributed by atoms with Gasteiger partial charge in [0.25, 0.3) is 0 Å². The standard InChI is InChI=1S/C26H44O4/c1-4-6-16-23(5-2)22-30-26(27)19-13-11-9-7-8-10-12-14-20-29-25-18-15-17-24(21-25)28-3/h15,17-18,21,23H,4-14,16,19-20,22H2,1-3H3. The van der Waals surface area contributed by atoms with Crippen molar-refractivity contribution in [2.24, 2.45) is 5.92 Å². The summed E-state index contributed by atoms with van der Waals surface area (Å²) in [7, 11) is 1.67. The van der Waals surface area contributed by atoms with Crippen LogP contribution in [-0.2, 0) is 9.53 Å². The first kappa shape index (κ1) is 26.3. The summed E-state index contributed by atoms with van der Waals surface area (Å²) in [6, 6.07) is 7.76. The van der Waals surface area contributed by atoms with E-state index in [0.29, 0.717) is 18.9 Å². The zero-order valence-electron chi connectivity index (χ0n) is 19.6. The van der Waals surface area contributed by atoms with Gasteiger partial charge >= 0.3 is 5.97 Å². The third-order valence-electron chi connectivity index (χ3n) is 5.61. The Morgan fingerprint density at radius 1 is 0.900 bits per heavy atom. The molecule has 172 valence electrons. The zero-order valence-corrected chi connectivity index (χ0v) is 19.6. The SMILES string of the molecule is CCCCC(CC)COC(=O)CCCCCCCCCCOc1cccc(OC)c1. The first-order valence-corrected chi connectivity index (χ1v) is 12.1. The van der Waals surface area contributed by atoms with Crippen LogP contribution in [0.15, 0.2) is 24.3 Å². The number of hydrogen-bond donors (Lipinski definition) is 0. The van der Waals surface area contributed by atoms with Crippen LogP contribution in [0.5, 0.6) is 11.5 Å². The van der Waals surface area contributed by atoms with E-state index in [-0.39, 0.29) is 5.97 Å². The van der Waals surface area contributed by atoms with Gasteiger partial charge in [0, 0.05) is 12.5 Å². The molecule has 0 spiro atoms. The molecule has 0 radical (unpaired) electrons. The maximum Gasteiger partial charge on any atom is 0.305 e. The van der Waals surface area contributed by atoms with E-state index in [4.69, 9.17) is 14.2 Å². The predicted octanol–water partition coefficient (Wildman–Crippen LogP) is 7.34. The molecule has 0 amide bonds. The summed E-state index contributed by atoms with van der Waals surface area (Å²) >= 11 is 0. The molecule has 0 heterocycles. The lowest BCUT2D eigenvalue weighted by atomic mass is 10.0. The minimum Gasteiger partial charge on any atom is -0.497 e. The molecule has 0 saturated heterocycles. The van der Waals surface area contributed by atoms with Gasteiger partial charge in [-0.25, -0.2) is 0 Å². The Bertz CT molecular complexity index is 544. The number of unbranched alkanes of at least 4 members (excludes halogenated alkanes) is 8. The molecule has 1 atom stereocenters. The van der Waals surface area contributed by atoms with Crippen molar-refractivity contribution in [3.05, 3.63) is 24.3 Å². The minimum atomic E-state index is -0.0130. The number of rotatable bonds is 19. The molecule has 4 heteroatoms. The van der Waals surface area contributed by atoms with Gasteiger partial charge in [-0.3, -0.25) is 4.79 Å². The second-order valence-corrected chi connectivity index (χ2v) is 8.21. The van der Waals surface area contributed by atoms with Gasteiger partial charge in [0.15, 0.2) is 0 Å². The second kappa shape index (κ2) is 18.1. The number of ether oxygens (including phenoxy) is 3. The second-order valence-electron chi connectivity index (χ2n) is 8.21. The van der Waals surface area contributed by atoms with Crippen molar-refractivity contribution in [1.29, 1.82) is 0 Å². The van der Waals surface area contributed by atoms with Gasteiger partial charge in [-0.1, -0.05) is 77.7 Å². The van der Waals surface area contributed by atoms with Gasteiger partial charge in [0.1, 0.15) is 11.5 Å². The largest absolute Gasteiger partial charge is 0.497 e. The molecule has 1 aromatic carbocycles. The van der Waals surface area contributed by atoms with E-state index >= 15 is 0 Å². The molecular formula is C26H44O4. The number of methoxy groups -OCH3 is 1. The molecule has 0 aromatic heterocycles. The summed E-state index contributed by atoms with van der Waals surface area (Å²) in [6.07, 6.45) is 14.6. The van der Waals surface area contributed by atoms with Crippen molar-refractivity contribution < 1.29 is 19.0 Å². The van der Waals surface area contributed by atoms with Crippen molar-refractivity contribution in [3.8, 4) is 11.5 Å². The maximum absolute atomic E-state index is 11.9. The molecule has 0 aliphatic carbocycles. The number of benzene rings is 1. The van der Waals surface area contributed by atoms with Crippen LogP contribution < -0.4 is 9.47 Å². The van der Waals surface area contributed by atoms with Crippen molar-refractivity contribution in [2.45, 2.75) is 97.3 Å². The first-order chi connectivity index (χ1) is 14.7. The van der Waals surface area contributed by atoms with E-state index in [2.05, 4.69) is 13.8 Å². The summed E-state index contributed by atoms with van der Waals surface area (Å²) in [5.41, 5.74) is 0. The van der Waals surface area contributed by atoms with E-state index in [1.165, 1.54) is 51.4 Å². The highest BCUT2D eigenvalue weighted by Crippen LogP contribution is 2.19. The Morgan fingerprint density at radius 2 is 1.57 bits per heavy atom. The van der Waals surface area contributed by atoms with Crippen LogP contribution in [0.25, 0.3) is 0 Å². The molecule has 0 bridgehead atoms. The number of esters is 1. The van der Waals surface area contributed by atoms with Crippen molar-refractivity contribution in [2.75, 3.05) is 20.3 Å². The lowest BCUT2D eigenvalue weighted by Gasteiger charge is -2.14. The quantitative estimate of drug-likeness (QED) is 0.173. The van der Waals surface area contributed by atoms with E-state index in [9.17, 15) is 4.79 Å². The van der Waals surface area contributed by atoms with Gasteiger partial charge in [-0.05, 0) is 37.3 Å².